The van der Waals surface area contributed by atoms with Crippen LogP contribution in [0.15, 0.2) is 36.4 Å². The first-order valence-corrected chi connectivity index (χ1v) is 8.20. The van der Waals surface area contributed by atoms with Gasteiger partial charge in [0.15, 0.2) is 0 Å². The van der Waals surface area contributed by atoms with Gasteiger partial charge in [0.2, 0.25) is 0 Å². The zero-order valence-electron chi connectivity index (χ0n) is 13.2. The van der Waals surface area contributed by atoms with E-state index in [2.05, 4.69) is 17.4 Å². The number of aryl methyl sites for hydroxylation is 2. The summed E-state index contributed by atoms with van der Waals surface area (Å²) in [6, 6.07) is 9.98. The number of nitro groups is 1. The van der Waals surface area contributed by atoms with Crippen LogP contribution in [0.2, 0.25) is 5.02 Å². The first-order valence-electron chi connectivity index (χ1n) is 7.82. The lowest BCUT2D eigenvalue weighted by atomic mass is 10.0. The van der Waals surface area contributed by atoms with Gasteiger partial charge in [0, 0.05) is 12.1 Å². The van der Waals surface area contributed by atoms with Crippen LogP contribution in [0.1, 0.15) is 46.4 Å². The maximum atomic E-state index is 12.4. The molecule has 3 rings (SSSR count). The summed E-state index contributed by atoms with van der Waals surface area (Å²) in [5, 5.41) is 13.7. The Balaban J connectivity index is 1.75. The third-order valence-electron chi connectivity index (χ3n) is 4.38. The maximum absolute atomic E-state index is 12.4. The molecule has 2 aromatic carbocycles. The number of amides is 1. The van der Waals surface area contributed by atoms with Crippen molar-refractivity contribution in [3.05, 3.63) is 73.8 Å². The Kier molecular flexibility index (Phi) is 4.53. The highest BCUT2D eigenvalue weighted by Gasteiger charge is 2.18. The van der Waals surface area contributed by atoms with Gasteiger partial charge in [-0.2, -0.15) is 0 Å². The van der Waals surface area contributed by atoms with E-state index in [9.17, 15) is 14.9 Å². The summed E-state index contributed by atoms with van der Waals surface area (Å²) in [6.07, 6.45) is 3.38. The van der Waals surface area contributed by atoms with Crippen LogP contribution in [0.4, 0.5) is 5.69 Å². The number of carbonyl (C=O) groups is 1. The number of hydrogen-bond donors (Lipinski definition) is 1. The molecule has 1 N–H and O–H groups in total. The van der Waals surface area contributed by atoms with Gasteiger partial charge < -0.3 is 5.32 Å². The molecule has 2 aromatic rings. The van der Waals surface area contributed by atoms with Crippen molar-refractivity contribution in [3.8, 4) is 0 Å². The van der Waals surface area contributed by atoms with Gasteiger partial charge in [-0.1, -0.05) is 29.8 Å². The Morgan fingerprint density at radius 2 is 1.96 bits per heavy atom. The smallest absolute Gasteiger partial charge is 0.270 e. The van der Waals surface area contributed by atoms with Crippen molar-refractivity contribution in [1.29, 1.82) is 0 Å². The van der Waals surface area contributed by atoms with E-state index in [1.165, 1.54) is 35.7 Å². The van der Waals surface area contributed by atoms with Crippen molar-refractivity contribution >= 4 is 23.2 Å². The molecule has 0 unspecified atom stereocenters. The second-order valence-corrected chi connectivity index (χ2v) is 6.41. The molecule has 0 spiro atoms. The van der Waals surface area contributed by atoms with Gasteiger partial charge in [0.1, 0.15) is 0 Å². The third-order valence-corrected chi connectivity index (χ3v) is 4.69. The predicted molar refractivity (Wildman–Crippen MR) is 92.5 cm³/mol. The van der Waals surface area contributed by atoms with Crippen molar-refractivity contribution in [3.63, 3.8) is 0 Å². The highest BCUT2D eigenvalue weighted by atomic mass is 35.5. The summed E-state index contributed by atoms with van der Waals surface area (Å²) in [6.45, 7) is 1.91. The molecule has 0 radical (unpaired) electrons. The average Bonchev–Trinajstić information content (AvgIpc) is 3.01. The molecule has 124 valence electrons. The molecule has 0 aliphatic heterocycles. The molecule has 1 aliphatic carbocycles. The Hall–Kier alpha value is -2.40. The van der Waals surface area contributed by atoms with Gasteiger partial charge in [0.05, 0.1) is 21.6 Å². The number of nitro benzene ring substituents is 1. The summed E-state index contributed by atoms with van der Waals surface area (Å²) < 4.78 is 0. The molecule has 5 nitrogen and oxygen atoms in total. The normalized spacial score (nSPS) is 14.1. The number of non-ortho nitro benzene ring substituents is 1. The molecule has 24 heavy (non-hydrogen) atoms. The summed E-state index contributed by atoms with van der Waals surface area (Å²) in [4.78, 5) is 22.6. The average molecular weight is 345 g/mol. The zero-order chi connectivity index (χ0) is 17.3. The van der Waals surface area contributed by atoms with E-state index in [0.29, 0.717) is 0 Å². The molecule has 1 aliphatic rings. The monoisotopic (exact) mass is 344 g/mol. The minimum absolute atomic E-state index is 0.0721. The van der Waals surface area contributed by atoms with E-state index in [-0.39, 0.29) is 28.2 Å². The lowest BCUT2D eigenvalue weighted by molar-refractivity contribution is -0.384. The Morgan fingerprint density at radius 1 is 1.21 bits per heavy atom. The summed E-state index contributed by atoms with van der Waals surface area (Å²) in [5.74, 6) is -0.345. The first kappa shape index (κ1) is 16.5. The van der Waals surface area contributed by atoms with Gasteiger partial charge in [-0.3, -0.25) is 14.9 Å². The highest BCUT2D eigenvalue weighted by Crippen LogP contribution is 2.26. The Bertz CT molecular complexity index is 820. The fourth-order valence-electron chi connectivity index (χ4n) is 3.02. The summed E-state index contributed by atoms with van der Waals surface area (Å²) >= 11 is 6.01. The van der Waals surface area contributed by atoms with E-state index in [1.54, 1.807) is 0 Å². The molecule has 0 fully saturated rings. The van der Waals surface area contributed by atoms with Crippen LogP contribution in [0.25, 0.3) is 0 Å². The van der Waals surface area contributed by atoms with Crippen LogP contribution in [0.5, 0.6) is 0 Å². The summed E-state index contributed by atoms with van der Waals surface area (Å²) in [7, 11) is 0. The van der Waals surface area contributed by atoms with Crippen molar-refractivity contribution in [1.82, 2.24) is 5.32 Å². The predicted octanol–water partition coefficient (Wildman–Crippen LogP) is 4.23. The molecule has 6 heteroatoms. The van der Waals surface area contributed by atoms with E-state index in [0.717, 1.165) is 18.4 Å². The lowest BCUT2D eigenvalue weighted by Crippen LogP contribution is -2.27. The Morgan fingerprint density at radius 3 is 2.67 bits per heavy atom. The number of fused-ring (bicyclic) bond motifs is 1. The van der Waals surface area contributed by atoms with Crippen molar-refractivity contribution < 1.29 is 9.72 Å². The molecular formula is C18H17ClN2O3. The quantitative estimate of drug-likeness (QED) is 0.666. The van der Waals surface area contributed by atoms with Crippen molar-refractivity contribution in [2.24, 2.45) is 0 Å². The van der Waals surface area contributed by atoms with Gasteiger partial charge in [-0.15, -0.1) is 0 Å². The van der Waals surface area contributed by atoms with Crippen LogP contribution in [0, 0.1) is 10.1 Å². The van der Waals surface area contributed by atoms with Crippen molar-refractivity contribution in [2.75, 3.05) is 0 Å². The molecule has 0 saturated heterocycles. The number of benzene rings is 2. The SMILES string of the molecule is C[C@H](NC(=O)c1ccc([N+](=O)[O-])cc1Cl)c1ccc2c(c1)CCC2. The van der Waals surface area contributed by atoms with Gasteiger partial charge in [0.25, 0.3) is 11.6 Å². The molecule has 0 saturated carbocycles. The van der Waals surface area contributed by atoms with Gasteiger partial charge in [-0.05, 0) is 48.9 Å². The number of carbonyl (C=O) groups excluding carboxylic acids is 1. The zero-order valence-corrected chi connectivity index (χ0v) is 14.0. The van der Waals surface area contributed by atoms with Gasteiger partial charge >= 0.3 is 0 Å². The van der Waals surface area contributed by atoms with E-state index in [1.807, 2.05) is 13.0 Å². The van der Waals surface area contributed by atoms with E-state index in [4.69, 9.17) is 11.6 Å². The second-order valence-electron chi connectivity index (χ2n) is 6.00. The number of halogens is 1. The minimum atomic E-state index is -0.541. The molecule has 1 amide bonds. The first-order chi connectivity index (χ1) is 11.5. The molecular weight excluding hydrogens is 328 g/mol. The summed E-state index contributed by atoms with van der Waals surface area (Å²) in [5.41, 5.74) is 3.87. The third kappa shape index (κ3) is 3.26. The van der Waals surface area contributed by atoms with Crippen LogP contribution in [0.3, 0.4) is 0 Å². The molecule has 0 heterocycles. The molecule has 0 aromatic heterocycles. The highest BCUT2D eigenvalue weighted by molar-refractivity contribution is 6.34. The fraction of sp³-hybridized carbons (Fsp3) is 0.278. The standard InChI is InChI=1S/C18H17ClN2O3/c1-11(13-6-5-12-3-2-4-14(12)9-13)20-18(22)16-8-7-15(21(23)24)10-17(16)19/h5-11H,2-4H2,1H3,(H,20,22)/t11-/m0/s1. The van der Waals surface area contributed by atoms with E-state index < -0.39 is 4.92 Å². The number of hydrogen-bond acceptors (Lipinski definition) is 3. The molecule has 1 atom stereocenters. The van der Waals surface area contributed by atoms with Crippen LogP contribution in [-0.2, 0) is 12.8 Å². The fourth-order valence-corrected chi connectivity index (χ4v) is 3.28. The maximum Gasteiger partial charge on any atom is 0.270 e. The van der Waals surface area contributed by atoms with E-state index >= 15 is 0 Å². The van der Waals surface area contributed by atoms with Crippen LogP contribution in [-0.4, -0.2) is 10.8 Å². The van der Waals surface area contributed by atoms with Crippen LogP contribution >= 0.6 is 11.6 Å². The van der Waals surface area contributed by atoms with Gasteiger partial charge in [-0.25, -0.2) is 0 Å². The number of nitrogens with one attached hydrogen (secondary N) is 1. The number of rotatable bonds is 4. The largest absolute Gasteiger partial charge is 0.345 e. The number of nitrogens with zero attached hydrogens (tertiary/aromatic N) is 1. The van der Waals surface area contributed by atoms with Crippen LogP contribution < -0.4 is 5.32 Å². The van der Waals surface area contributed by atoms with Crippen molar-refractivity contribution in [2.45, 2.75) is 32.2 Å². The minimum Gasteiger partial charge on any atom is -0.345 e. The second kappa shape index (κ2) is 6.61. The topological polar surface area (TPSA) is 72.2 Å². The Labute approximate surface area is 144 Å². The lowest BCUT2D eigenvalue weighted by Gasteiger charge is -2.16. The molecule has 0 bridgehead atoms.